The van der Waals surface area contributed by atoms with Crippen LogP contribution in [-0.4, -0.2) is 60.9 Å². The van der Waals surface area contributed by atoms with Gasteiger partial charge in [-0.25, -0.2) is 8.42 Å². The van der Waals surface area contributed by atoms with Crippen molar-refractivity contribution in [3.05, 3.63) is 0 Å². The van der Waals surface area contributed by atoms with Crippen molar-refractivity contribution >= 4 is 15.9 Å². The zero-order valence-corrected chi connectivity index (χ0v) is 11.6. The Labute approximate surface area is 109 Å². The molecule has 6 nitrogen and oxygen atoms in total. The first-order chi connectivity index (χ1) is 8.46. The highest BCUT2D eigenvalue weighted by atomic mass is 32.2. The van der Waals surface area contributed by atoms with Gasteiger partial charge in [-0.15, -0.1) is 0 Å². The van der Waals surface area contributed by atoms with Crippen LogP contribution in [0.4, 0.5) is 0 Å². The van der Waals surface area contributed by atoms with Gasteiger partial charge < -0.3 is 5.73 Å². The van der Waals surface area contributed by atoms with Crippen LogP contribution in [0, 0.1) is 5.41 Å². The summed E-state index contributed by atoms with van der Waals surface area (Å²) in [5, 5.41) is 7.42. The minimum atomic E-state index is -3.04. The quantitative estimate of drug-likeness (QED) is 0.537. The highest BCUT2D eigenvalue weighted by Crippen LogP contribution is 2.31. The second-order valence-corrected chi connectivity index (χ2v) is 7.27. The Morgan fingerprint density at radius 3 is 2.28 bits per heavy atom. The molecule has 1 aliphatic heterocycles. The molecule has 3 N–H and O–H groups in total. The maximum atomic E-state index is 12.1. The average molecular weight is 274 g/mol. The number of sulfonamides is 1. The summed E-state index contributed by atoms with van der Waals surface area (Å²) in [6, 6.07) is -0.0456. The standard InChI is InChI=1S/C11H22N4O2S/c1-2-10(11(12)13)14-5-7-15(8-6-14)18(16,17)9-3-4-9/h9-10H,2-8H2,1H3,(H3,12,13). The summed E-state index contributed by atoms with van der Waals surface area (Å²) >= 11 is 0. The third-order valence-electron chi connectivity index (χ3n) is 3.77. The van der Waals surface area contributed by atoms with E-state index in [1.807, 2.05) is 6.92 Å². The fraction of sp³-hybridized carbons (Fsp3) is 0.909. The molecule has 0 spiro atoms. The average Bonchev–Trinajstić information content (AvgIpc) is 3.14. The molecule has 0 aromatic carbocycles. The number of nitrogens with one attached hydrogen (secondary N) is 1. The topological polar surface area (TPSA) is 90.5 Å². The molecular formula is C11H22N4O2S. The lowest BCUT2D eigenvalue weighted by Crippen LogP contribution is -2.55. The molecule has 7 heteroatoms. The SMILES string of the molecule is CCC(C(=N)N)N1CCN(S(=O)(=O)C2CC2)CC1. The minimum absolute atomic E-state index is 0.0456. The van der Waals surface area contributed by atoms with Crippen LogP contribution in [0.5, 0.6) is 0 Å². The minimum Gasteiger partial charge on any atom is -0.386 e. The molecule has 1 unspecified atom stereocenters. The zero-order valence-electron chi connectivity index (χ0n) is 10.8. The van der Waals surface area contributed by atoms with Crippen molar-refractivity contribution in [3.8, 4) is 0 Å². The van der Waals surface area contributed by atoms with Gasteiger partial charge in [-0.2, -0.15) is 4.31 Å². The van der Waals surface area contributed by atoms with E-state index in [9.17, 15) is 8.42 Å². The molecule has 0 amide bonds. The first-order valence-corrected chi connectivity index (χ1v) is 8.04. The lowest BCUT2D eigenvalue weighted by atomic mass is 10.1. The third kappa shape index (κ3) is 2.67. The molecule has 2 rings (SSSR count). The largest absolute Gasteiger partial charge is 0.386 e. The van der Waals surface area contributed by atoms with Gasteiger partial charge in [0.2, 0.25) is 10.0 Å². The van der Waals surface area contributed by atoms with Crippen molar-refractivity contribution in [1.29, 1.82) is 5.41 Å². The maximum absolute atomic E-state index is 12.1. The van der Waals surface area contributed by atoms with Crippen molar-refractivity contribution in [2.24, 2.45) is 5.73 Å². The number of nitrogens with zero attached hydrogens (tertiary/aromatic N) is 2. The van der Waals surface area contributed by atoms with Crippen LogP contribution < -0.4 is 5.73 Å². The highest BCUT2D eigenvalue weighted by molar-refractivity contribution is 7.90. The molecular weight excluding hydrogens is 252 g/mol. The van der Waals surface area contributed by atoms with Crippen LogP contribution in [0.3, 0.4) is 0 Å². The van der Waals surface area contributed by atoms with Gasteiger partial charge in [0, 0.05) is 26.2 Å². The van der Waals surface area contributed by atoms with Crippen LogP contribution in [0.2, 0.25) is 0 Å². The summed E-state index contributed by atoms with van der Waals surface area (Å²) in [7, 11) is -3.04. The van der Waals surface area contributed by atoms with Crippen molar-refractivity contribution in [1.82, 2.24) is 9.21 Å². The maximum Gasteiger partial charge on any atom is 0.217 e. The van der Waals surface area contributed by atoms with E-state index in [-0.39, 0.29) is 17.1 Å². The Balaban J connectivity index is 1.93. The zero-order chi connectivity index (χ0) is 13.3. The van der Waals surface area contributed by atoms with Crippen molar-refractivity contribution in [3.63, 3.8) is 0 Å². The van der Waals surface area contributed by atoms with Gasteiger partial charge >= 0.3 is 0 Å². The van der Waals surface area contributed by atoms with Crippen LogP contribution in [0.1, 0.15) is 26.2 Å². The lowest BCUT2D eigenvalue weighted by molar-refractivity contribution is 0.163. The fourth-order valence-electron chi connectivity index (χ4n) is 2.52. The van der Waals surface area contributed by atoms with Gasteiger partial charge in [-0.1, -0.05) is 6.92 Å². The molecule has 1 saturated heterocycles. The molecule has 0 aromatic rings. The van der Waals surface area contributed by atoms with Crippen LogP contribution in [0.25, 0.3) is 0 Å². The monoisotopic (exact) mass is 274 g/mol. The van der Waals surface area contributed by atoms with Gasteiger partial charge in [0.15, 0.2) is 0 Å². The predicted octanol–water partition coefficient (Wildman–Crippen LogP) is -0.189. The molecule has 1 heterocycles. The molecule has 1 aliphatic carbocycles. The van der Waals surface area contributed by atoms with E-state index >= 15 is 0 Å². The third-order valence-corrected chi connectivity index (χ3v) is 6.16. The molecule has 1 atom stereocenters. The Kier molecular flexibility index (Phi) is 3.93. The molecule has 104 valence electrons. The van der Waals surface area contributed by atoms with Crippen molar-refractivity contribution in [2.45, 2.75) is 37.5 Å². The van der Waals surface area contributed by atoms with Crippen LogP contribution in [0.15, 0.2) is 0 Å². The summed E-state index contributed by atoms with van der Waals surface area (Å²) in [6.45, 7) is 4.40. The van der Waals surface area contributed by atoms with Gasteiger partial charge in [0.1, 0.15) is 5.84 Å². The van der Waals surface area contributed by atoms with E-state index in [4.69, 9.17) is 11.1 Å². The predicted molar refractivity (Wildman–Crippen MR) is 71.1 cm³/mol. The summed E-state index contributed by atoms with van der Waals surface area (Å²) in [5.41, 5.74) is 5.57. The normalized spacial score (nSPS) is 24.9. The van der Waals surface area contributed by atoms with E-state index < -0.39 is 10.0 Å². The van der Waals surface area contributed by atoms with Crippen molar-refractivity contribution in [2.75, 3.05) is 26.2 Å². The van der Waals surface area contributed by atoms with E-state index in [1.54, 1.807) is 4.31 Å². The molecule has 2 fully saturated rings. The summed E-state index contributed by atoms with van der Waals surface area (Å²) in [4.78, 5) is 2.11. The Morgan fingerprint density at radius 2 is 1.89 bits per heavy atom. The van der Waals surface area contributed by atoms with E-state index in [1.165, 1.54) is 0 Å². The number of hydrogen-bond acceptors (Lipinski definition) is 4. The fourth-order valence-corrected chi connectivity index (χ4v) is 4.35. The molecule has 0 aromatic heterocycles. The summed E-state index contributed by atoms with van der Waals surface area (Å²) < 4.78 is 25.7. The first-order valence-electron chi connectivity index (χ1n) is 6.53. The van der Waals surface area contributed by atoms with Gasteiger partial charge in [-0.3, -0.25) is 10.3 Å². The number of piperazine rings is 1. The highest BCUT2D eigenvalue weighted by Gasteiger charge is 2.41. The summed E-state index contributed by atoms with van der Waals surface area (Å²) in [5.74, 6) is 0.177. The molecule has 0 bridgehead atoms. The second-order valence-electron chi connectivity index (χ2n) is 5.06. The Bertz CT molecular complexity index is 411. The van der Waals surface area contributed by atoms with Crippen molar-refractivity contribution < 1.29 is 8.42 Å². The van der Waals surface area contributed by atoms with E-state index in [2.05, 4.69) is 4.90 Å². The van der Waals surface area contributed by atoms with Gasteiger partial charge in [0.05, 0.1) is 11.3 Å². The van der Waals surface area contributed by atoms with Gasteiger partial charge in [0.25, 0.3) is 0 Å². The lowest BCUT2D eigenvalue weighted by Gasteiger charge is -2.38. The summed E-state index contributed by atoms with van der Waals surface area (Å²) in [6.07, 6.45) is 2.42. The van der Waals surface area contributed by atoms with E-state index in [0.29, 0.717) is 26.2 Å². The van der Waals surface area contributed by atoms with Crippen LogP contribution >= 0.6 is 0 Å². The van der Waals surface area contributed by atoms with Gasteiger partial charge in [-0.05, 0) is 19.3 Å². The number of rotatable bonds is 5. The Morgan fingerprint density at radius 1 is 1.33 bits per heavy atom. The molecule has 0 radical (unpaired) electrons. The molecule has 1 saturated carbocycles. The smallest absolute Gasteiger partial charge is 0.217 e. The van der Waals surface area contributed by atoms with Crippen LogP contribution in [-0.2, 0) is 10.0 Å². The molecule has 2 aliphatic rings. The second kappa shape index (κ2) is 5.14. The number of amidine groups is 1. The molecule has 18 heavy (non-hydrogen) atoms. The Hall–Kier alpha value is -0.660. The first kappa shape index (κ1) is 13.8. The number of hydrogen-bond donors (Lipinski definition) is 2. The van der Waals surface area contributed by atoms with E-state index in [0.717, 1.165) is 19.3 Å². The number of nitrogens with two attached hydrogens (primary N) is 1.